The zero-order valence-electron chi connectivity index (χ0n) is 24.2. The van der Waals surface area contributed by atoms with Gasteiger partial charge in [-0.15, -0.1) is 0 Å². The molecule has 0 spiro atoms. The van der Waals surface area contributed by atoms with Crippen LogP contribution in [0.25, 0.3) is 6.08 Å². The molecule has 6 rings (SSSR count). The first-order chi connectivity index (χ1) is 21.6. The predicted octanol–water partition coefficient (Wildman–Crippen LogP) is -2.47. The molecule has 1 aliphatic carbocycles. The summed E-state index contributed by atoms with van der Waals surface area (Å²) in [4.78, 5) is 12.5. The molecule has 45 heavy (non-hydrogen) atoms. The molecule has 1 aromatic rings. The summed E-state index contributed by atoms with van der Waals surface area (Å²) in [5.74, 6) is -2.01. The van der Waals surface area contributed by atoms with E-state index in [0.717, 1.165) is 5.56 Å². The quantitative estimate of drug-likeness (QED) is 0.0845. The van der Waals surface area contributed by atoms with Gasteiger partial charge >= 0.3 is 5.97 Å². The van der Waals surface area contributed by atoms with Crippen molar-refractivity contribution in [1.82, 2.24) is 0 Å². The van der Waals surface area contributed by atoms with E-state index in [1.807, 2.05) is 18.2 Å². The smallest absolute Gasteiger partial charge is 0.331 e. The SMILES string of the molecule is C[C@@H]1O[C@@H](O[C@H]2[C@@H]3C=CO[C@@H](O[C@@H]4O[C@H](CO)[C@@H](O)[C@H](O)[C@H]4O)[C@@H]3[C@@]3(CO)O[C@@H]23)[C@H](O)[C@H](O)[C@H]1OC(=O)C=Cc1ccccc1. The summed E-state index contributed by atoms with van der Waals surface area (Å²) < 4.78 is 40.3. The molecule has 1 aromatic carbocycles. The zero-order valence-corrected chi connectivity index (χ0v) is 24.2. The number of esters is 1. The van der Waals surface area contributed by atoms with Crippen molar-refractivity contribution in [3.63, 3.8) is 0 Å². The van der Waals surface area contributed by atoms with Crippen LogP contribution < -0.4 is 0 Å². The van der Waals surface area contributed by atoms with Gasteiger partial charge < -0.3 is 68.9 Å². The normalized spacial score (nSPS) is 47.2. The minimum Gasteiger partial charge on any atom is -0.472 e. The van der Waals surface area contributed by atoms with Crippen LogP contribution in [0.15, 0.2) is 48.7 Å². The van der Waals surface area contributed by atoms with Gasteiger partial charge in [-0.3, -0.25) is 0 Å². The first kappa shape index (κ1) is 32.4. The number of carbonyl (C=O) groups excluding carboxylic acids is 1. The van der Waals surface area contributed by atoms with Crippen LogP contribution in [0.2, 0.25) is 0 Å². The van der Waals surface area contributed by atoms with Crippen molar-refractivity contribution in [3.05, 3.63) is 54.3 Å². The van der Waals surface area contributed by atoms with Crippen LogP contribution in [0.3, 0.4) is 0 Å². The van der Waals surface area contributed by atoms with Crippen molar-refractivity contribution < 1.29 is 73.7 Å². The molecule has 5 aliphatic rings. The summed E-state index contributed by atoms with van der Waals surface area (Å²) in [5, 5.41) is 72.5. The standard InChI is InChI=1S/C30H38O15/c1-13-24(42-17(33)8-7-14-5-3-2-4-6-14)21(36)23(38)28(40-13)43-25-15-9-10-39-27(18(15)30(12-32)26(25)45-30)44-29-22(37)20(35)19(34)16(11-31)41-29/h2-10,13,15-16,18-29,31-32,34-38H,11-12H2,1H3/t13-,15+,16+,18+,19+,20-,21-,22+,23+,24-,25-,26-,27-,28-,29-,30+/m0/s1. The van der Waals surface area contributed by atoms with Gasteiger partial charge in [-0.2, -0.15) is 0 Å². The average molecular weight is 639 g/mol. The molecular formula is C30H38O15. The second-order valence-corrected chi connectivity index (χ2v) is 11.9. The monoisotopic (exact) mass is 638 g/mol. The molecule has 15 nitrogen and oxygen atoms in total. The Balaban J connectivity index is 1.12. The van der Waals surface area contributed by atoms with Gasteiger partial charge in [0, 0.05) is 12.0 Å². The number of carbonyl (C=O) groups is 1. The highest BCUT2D eigenvalue weighted by atomic mass is 16.8. The first-order valence-corrected chi connectivity index (χ1v) is 14.8. The van der Waals surface area contributed by atoms with Crippen LogP contribution in [-0.4, -0.2) is 140 Å². The number of ether oxygens (including phenoxy) is 7. The Morgan fingerprint density at radius 2 is 1.60 bits per heavy atom. The molecule has 4 heterocycles. The van der Waals surface area contributed by atoms with E-state index < -0.39 is 117 Å². The number of aliphatic hydroxyl groups is 7. The maximum Gasteiger partial charge on any atom is 0.331 e. The van der Waals surface area contributed by atoms with E-state index >= 15 is 0 Å². The molecule has 0 aromatic heterocycles. The van der Waals surface area contributed by atoms with Crippen molar-refractivity contribution in [1.29, 1.82) is 0 Å². The first-order valence-electron chi connectivity index (χ1n) is 14.8. The number of fused-ring (bicyclic) bond motifs is 3. The van der Waals surface area contributed by atoms with Crippen LogP contribution in [0.4, 0.5) is 0 Å². The Bertz CT molecular complexity index is 1240. The molecule has 16 atom stereocenters. The molecule has 4 aliphatic heterocycles. The van der Waals surface area contributed by atoms with Gasteiger partial charge in [0.05, 0.1) is 37.6 Å². The van der Waals surface area contributed by atoms with Crippen molar-refractivity contribution in [2.75, 3.05) is 13.2 Å². The molecular weight excluding hydrogens is 600 g/mol. The van der Waals surface area contributed by atoms with Crippen molar-refractivity contribution in [3.8, 4) is 0 Å². The zero-order chi connectivity index (χ0) is 32.0. The average Bonchev–Trinajstić information content (AvgIpc) is 3.72. The van der Waals surface area contributed by atoms with Gasteiger partial charge in [-0.25, -0.2) is 4.79 Å². The highest BCUT2D eigenvalue weighted by Crippen LogP contribution is 2.61. The maximum atomic E-state index is 12.5. The fourth-order valence-corrected chi connectivity index (χ4v) is 6.65. The van der Waals surface area contributed by atoms with Crippen molar-refractivity contribution in [2.45, 2.75) is 92.4 Å². The fraction of sp³-hybridized carbons (Fsp3) is 0.633. The summed E-state index contributed by atoms with van der Waals surface area (Å²) >= 11 is 0. The van der Waals surface area contributed by atoms with Crippen molar-refractivity contribution >= 4 is 12.0 Å². The molecule has 3 saturated heterocycles. The third-order valence-electron chi connectivity index (χ3n) is 9.13. The lowest BCUT2D eigenvalue weighted by molar-refractivity contribution is -0.347. The molecule has 0 bridgehead atoms. The van der Waals surface area contributed by atoms with Gasteiger partial charge in [0.1, 0.15) is 48.3 Å². The van der Waals surface area contributed by atoms with Gasteiger partial charge in [0.25, 0.3) is 0 Å². The second-order valence-electron chi connectivity index (χ2n) is 11.9. The number of hydrogen-bond acceptors (Lipinski definition) is 15. The van der Waals surface area contributed by atoms with Gasteiger partial charge in [-0.05, 0) is 24.6 Å². The minimum absolute atomic E-state index is 0.466. The van der Waals surface area contributed by atoms with E-state index in [-0.39, 0.29) is 0 Å². The number of aliphatic hydroxyl groups excluding tert-OH is 7. The number of benzene rings is 1. The number of hydrogen-bond donors (Lipinski definition) is 7. The van der Waals surface area contributed by atoms with E-state index in [0.29, 0.717) is 0 Å². The molecule has 0 unspecified atom stereocenters. The van der Waals surface area contributed by atoms with Gasteiger partial charge in [0.15, 0.2) is 18.7 Å². The molecule has 15 heteroatoms. The highest BCUT2D eigenvalue weighted by Gasteiger charge is 2.77. The Hall–Kier alpha value is -2.51. The Labute approximate surface area is 257 Å². The van der Waals surface area contributed by atoms with Crippen molar-refractivity contribution in [2.24, 2.45) is 11.8 Å². The third kappa shape index (κ3) is 5.93. The Morgan fingerprint density at radius 3 is 2.31 bits per heavy atom. The molecule has 248 valence electrons. The van der Waals surface area contributed by atoms with E-state index in [9.17, 15) is 40.5 Å². The molecule has 7 N–H and O–H groups in total. The maximum absolute atomic E-state index is 12.5. The number of epoxide rings is 1. The third-order valence-corrected chi connectivity index (χ3v) is 9.13. The van der Waals surface area contributed by atoms with Crippen LogP contribution >= 0.6 is 0 Å². The molecule has 4 fully saturated rings. The van der Waals surface area contributed by atoms with Crippen LogP contribution in [0.5, 0.6) is 0 Å². The second kappa shape index (κ2) is 12.9. The van der Waals surface area contributed by atoms with E-state index in [1.165, 1.54) is 12.3 Å². The lowest BCUT2D eigenvalue weighted by Gasteiger charge is -2.44. The largest absolute Gasteiger partial charge is 0.472 e. The summed E-state index contributed by atoms with van der Waals surface area (Å²) in [6, 6.07) is 9.07. The molecule has 0 radical (unpaired) electrons. The van der Waals surface area contributed by atoms with Crippen LogP contribution in [0.1, 0.15) is 12.5 Å². The molecule has 1 saturated carbocycles. The van der Waals surface area contributed by atoms with Crippen LogP contribution in [0, 0.1) is 11.8 Å². The minimum atomic E-state index is -1.69. The summed E-state index contributed by atoms with van der Waals surface area (Å²) in [7, 11) is 0. The van der Waals surface area contributed by atoms with E-state index in [2.05, 4.69) is 0 Å². The Kier molecular flexibility index (Phi) is 9.33. The summed E-state index contributed by atoms with van der Waals surface area (Å²) in [6.45, 7) is 0.445. The highest BCUT2D eigenvalue weighted by molar-refractivity contribution is 5.87. The van der Waals surface area contributed by atoms with E-state index in [1.54, 1.807) is 31.2 Å². The fourth-order valence-electron chi connectivity index (χ4n) is 6.65. The van der Waals surface area contributed by atoms with Gasteiger partial charge in [0.2, 0.25) is 6.29 Å². The summed E-state index contributed by atoms with van der Waals surface area (Å²) in [6.07, 6.45) is -11.2. The lowest BCUT2D eigenvalue weighted by Crippen LogP contribution is -2.60. The Morgan fingerprint density at radius 1 is 0.889 bits per heavy atom. The topological polar surface area (TPSA) is 227 Å². The number of rotatable bonds is 9. The lowest BCUT2D eigenvalue weighted by atomic mass is 9.85. The van der Waals surface area contributed by atoms with Gasteiger partial charge in [-0.1, -0.05) is 30.3 Å². The summed E-state index contributed by atoms with van der Waals surface area (Å²) in [5.41, 5.74) is -0.429. The van der Waals surface area contributed by atoms with Crippen LogP contribution in [-0.2, 0) is 38.0 Å². The predicted molar refractivity (Wildman–Crippen MR) is 147 cm³/mol. The van der Waals surface area contributed by atoms with E-state index in [4.69, 9.17) is 33.2 Å². The molecule has 0 amide bonds.